The molecule has 1 fully saturated rings. The summed E-state index contributed by atoms with van der Waals surface area (Å²) in [4.78, 5) is 13.9. The van der Waals surface area contributed by atoms with E-state index in [1.54, 1.807) is 17.5 Å². The van der Waals surface area contributed by atoms with Gasteiger partial charge in [0.25, 0.3) is 0 Å². The molecule has 1 saturated heterocycles. The van der Waals surface area contributed by atoms with E-state index in [0.29, 0.717) is 42.5 Å². The highest BCUT2D eigenvalue weighted by molar-refractivity contribution is 7.91. The fraction of sp³-hybridized carbons (Fsp3) is 0.667. The minimum Gasteiger partial charge on any atom is -0.343 e. The molecule has 0 unspecified atom stereocenters. The van der Waals surface area contributed by atoms with Gasteiger partial charge < -0.3 is 4.90 Å². The lowest BCUT2D eigenvalue weighted by atomic mass is 10.0. The number of thiophene rings is 1. The zero-order chi connectivity index (χ0) is 16.2. The van der Waals surface area contributed by atoms with Gasteiger partial charge in [0.05, 0.1) is 0 Å². The Hall–Kier alpha value is -0.920. The first-order valence-corrected chi connectivity index (χ1v) is 10.1. The predicted molar refractivity (Wildman–Crippen MR) is 88.3 cm³/mol. The van der Waals surface area contributed by atoms with E-state index >= 15 is 0 Å². The fourth-order valence-electron chi connectivity index (χ4n) is 2.51. The van der Waals surface area contributed by atoms with Gasteiger partial charge in [-0.1, -0.05) is 19.9 Å². The highest BCUT2D eigenvalue weighted by Crippen LogP contribution is 2.19. The summed E-state index contributed by atoms with van der Waals surface area (Å²) in [7, 11) is -3.41. The van der Waals surface area contributed by atoms with E-state index in [4.69, 9.17) is 0 Å². The van der Waals surface area contributed by atoms with Gasteiger partial charge >= 0.3 is 0 Å². The second-order valence-corrected chi connectivity index (χ2v) is 9.03. The minimum absolute atomic E-state index is 0.0822. The van der Waals surface area contributed by atoms with E-state index in [1.165, 1.54) is 11.3 Å². The summed E-state index contributed by atoms with van der Waals surface area (Å²) in [5.74, 6) is 0.715. The molecule has 22 heavy (non-hydrogen) atoms. The number of hydrogen-bond donors (Lipinski definition) is 1. The molecule has 0 atom stereocenters. The summed E-state index contributed by atoms with van der Waals surface area (Å²) >= 11 is 1.22. The molecule has 7 heteroatoms. The molecule has 2 heterocycles. The van der Waals surface area contributed by atoms with Crippen LogP contribution in [0.25, 0.3) is 0 Å². The van der Waals surface area contributed by atoms with E-state index in [9.17, 15) is 13.2 Å². The molecular weight excluding hydrogens is 320 g/mol. The van der Waals surface area contributed by atoms with Crippen LogP contribution in [0.1, 0.15) is 39.5 Å². The zero-order valence-corrected chi connectivity index (χ0v) is 14.8. The Labute approximate surface area is 136 Å². The van der Waals surface area contributed by atoms with E-state index < -0.39 is 10.0 Å². The number of carbonyl (C=O) groups excluding carboxylic acids is 1. The molecule has 124 valence electrons. The Morgan fingerprint density at radius 1 is 1.41 bits per heavy atom. The van der Waals surface area contributed by atoms with Crippen molar-refractivity contribution < 1.29 is 13.2 Å². The summed E-state index contributed by atoms with van der Waals surface area (Å²) in [6, 6.07) is 3.26. The maximum atomic E-state index is 12.2. The van der Waals surface area contributed by atoms with Gasteiger partial charge in [0, 0.05) is 25.6 Å². The van der Waals surface area contributed by atoms with Crippen LogP contribution in [0.15, 0.2) is 21.7 Å². The second-order valence-electron chi connectivity index (χ2n) is 6.14. The number of nitrogens with zero attached hydrogens (tertiary/aromatic N) is 1. The highest BCUT2D eigenvalue weighted by Gasteiger charge is 2.26. The van der Waals surface area contributed by atoms with Gasteiger partial charge in [-0.15, -0.1) is 11.3 Å². The Morgan fingerprint density at radius 2 is 2.09 bits per heavy atom. The molecule has 0 spiro atoms. The van der Waals surface area contributed by atoms with Crippen molar-refractivity contribution in [2.75, 3.05) is 13.1 Å². The number of rotatable bonds is 6. The molecule has 1 aliphatic rings. The van der Waals surface area contributed by atoms with Crippen LogP contribution in [0, 0.1) is 5.92 Å². The summed E-state index contributed by atoms with van der Waals surface area (Å²) in [6.07, 6.45) is 2.85. The van der Waals surface area contributed by atoms with E-state index in [1.807, 2.05) is 4.90 Å². The molecule has 1 aliphatic heterocycles. The van der Waals surface area contributed by atoms with Crippen LogP contribution in [0.3, 0.4) is 0 Å². The molecule has 0 saturated carbocycles. The third-order valence-electron chi connectivity index (χ3n) is 3.86. The number of hydrogen-bond acceptors (Lipinski definition) is 4. The predicted octanol–water partition coefficient (Wildman–Crippen LogP) is 2.45. The SMILES string of the molecule is CC(C)CCC(=O)N1CCC(NS(=O)(=O)c2cccs2)CC1. The van der Waals surface area contributed by atoms with Crippen LogP contribution in [0.2, 0.25) is 0 Å². The summed E-state index contributed by atoms with van der Waals surface area (Å²) in [5.41, 5.74) is 0. The normalized spacial score (nSPS) is 17.1. The lowest BCUT2D eigenvalue weighted by Crippen LogP contribution is -2.46. The molecule has 1 N–H and O–H groups in total. The summed E-state index contributed by atoms with van der Waals surface area (Å²) in [6.45, 7) is 5.49. The van der Waals surface area contributed by atoms with Crippen LogP contribution >= 0.6 is 11.3 Å². The van der Waals surface area contributed by atoms with Gasteiger partial charge in [0.15, 0.2) is 0 Å². The molecule has 0 aliphatic carbocycles. The summed E-state index contributed by atoms with van der Waals surface area (Å²) in [5, 5.41) is 1.75. The van der Waals surface area contributed by atoms with Crippen molar-refractivity contribution in [3.63, 3.8) is 0 Å². The van der Waals surface area contributed by atoms with Crippen molar-refractivity contribution in [1.29, 1.82) is 0 Å². The second kappa shape index (κ2) is 7.57. The number of piperidine rings is 1. The highest BCUT2D eigenvalue weighted by atomic mass is 32.2. The molecule has 1 aromatic heterocycles. The molecule has 0 bridgehead atoms. The zero-order valence-electron chi connectivity index (χ0n) is 13.1. The Kier molecular flexibility index (Phi) is 6.00. The maximum absolute atomic E-state index is 12.2. The van der Waals surface area contributed by atoms with E-state index in [0.717, 1.165) is 6.42 Å². The van der Waals surface area contributed by atoms with Crippen LogP contribution in [-0.2, 0) is 14.8 Å². The Morgan fingerprint density at radius 3 is 2.64 bits per heavy atom. The van der Waals surface area contributed by atoms with Gasteiger partial charge in [0.2, 0.25) is 15.9 Å². The third kappa shape index (κ3) is 4.79. The average molecular weight is 345 g/mol. The smallest absolute Gasteiger partial charge is 0.250 e. The van der Waals surface area contributed by atoms with E-state index in [-0.39, 0.29) is 11.9 Å². The molecular formula is C15H24N2O3S2. The average Bonchev–Trinajstić information content (AvgIpc) is 3.00. The van der Waals surface area contributed by atoms with Crippen LogP contribution in [0.5, 0.6) is 0 Å². The first kappa shape index (κ1) is 17.4. The van der Waals surface area contributed by atoms with Crippen LogP contribution in [-0.4, -0.2) is 38.4 Å². The Bertz CT molecular complexity index is 574. The van der Waals surface area contributed by atoms with Crippen LogP contribution in [0.4, 0.5) is 0 Å². The summed E-state index contributed by atoms with van der Waals surface area (Å²) < 4.78 is 27.4. The minimum atomic E-state index is -3.41. The fourth-order valence-corrected chi connectivity index (χ4v) is 4.83. The van der Waals surface area contributed by atoms with Crippen molar-refractivity contribution in [2.45, 2.75) is 49.8 Å². The van der Waals surface area contributed by atoms with Gasteiger partial charge in [-0.25, -0.2) is 13.1 Å². The quantitative estimate of drug-likeness (QED) is 0.862. The monoisotopic (exact) mass is 344 g/mol. The first-order valence-electron chi connectivity index (χ1n) is 7.72. The van der Waals surface area contributed by atoms with Gasteiger partial charge in [-0.2, -0.15) is 0 Å². The number of carbonyl (C=O) groups is 1. The molecule has 1 aromatic rings. The number of amides is 1. The molecule has 2 rings (SSSR count). The van der Waals surface area contributed by atoms with E-state index in [2.05, 4.69) is 18.6 Å². The molecule has 5 nitrogen and oxygen atoms in total. The molecule has 1 amide bonds. The number of likely N-dealkylation sites (tertiary alicyclic amines) is 1. The topological polar surface area (TPSA) is 66.5 Å². The maximum Gasteiger partial charge on any atom is 0.250 e. The van der Waals surface area contributed by atoms with Crippen LogP contribution < -0.4 is 4.72 Å². The van der Waals surface area contributed by atoms with Gasteiger partial charge in [-0.05, 0) is 36.6 Å². The van der Waals surface area contributed by atoms with Gasteiger partial charge in [0.1, 0.15) is 4.21 Å². The van der Waals surface area contributed by atoms with Gasteiger partial charge in [-0.3, -0.25) is 4.79 Å². The van der Waals surface area contributed by atoms with Crippen molar-refractivity contribution >= 4 is 27.3 Å². The number of nitrogens with one attached hydrogen (secondary N) is 1. The third-order valence-corrected chi connectivity index (χ3v) is 6.78. The van der Waals surface area contributed by atoms with Crippen molar-refractivity contribution in [3.05, 3.63) is 17.5 Å². The lowest BCUT2D eigenvalue weighted by Gasteiger charge is -2.32. The molecule has 0 radical (unpaired) electrons. The van der Waals surface area contributed by atoms with Crippen molar-refractivity contribution in [1.82, 2.24) is 9.62 Å². The first-order chi connectivity index (χ1) is 10.4. The van der Waals surface area contributed by atoms with Crippen molar-refractivity contribution in [3.8, 4) is 0 Å². The largest absolute Gasteiger partial charge is 0.343 e. The number of sulfonamides is 1. The Balaban J connectivity index is 1.81. The standard InChI is InChI=1S/C15H24N2O3S2/c1-12(2)5-6-14(18)17-9-7-13(8-10-17)16-22(19,20)15-4-3-11-21-15/h3-4,11-13,16H,5-10H2,1-2H3. The van der Waals surface area contributed by atoms with Crippen molar-refractivity contribution in [2.24, 2.45) is 5.92 Å². The lowest BCUT2D eigenvalue weighted by molar-refractivity contribution is -0.132. The molecule has 0 aromatic carbocycles.